The van der Waals surface area contributed by atoms with Gasteiger partial charge in [-0.25, -0.2) is 0 Å². The zero-order valence-corrected chi connectivity index (χ0v) is 17.2. The monoisotopic (exact) mass is 414 g/mol. The molecule has 2 aromatic heterocycles. The zero-order valence-electron chi connectivity index (χ0n) is 16.4. The average Bonchev–Trinajstić information content (AvgIpc) is 3.12. The Kier molecular flexibility index (Phi) is 6.90. The van der Waals surface area contributed by atoms with Crippen molar-refractivity contribution in [3.8, 4) is 16.9 Å². The Hall–Kier alpha value is -2.83. The maximum Gasteiger partial charge on any atom is 0.294 e. The Morgan fingerprint density at radius 2 is 2.00 bits per heavy atom. The molecule has 0 spiro atoms. The van der Waals surface area contributed by atoms with Crippen LogP contribution in [0.25, 0.3) is 16.6 Å². The molecule has 152 valence electrons. The number of fused-ring (bicyclic) bond motifs is 1. The van der Waals surface area contributed by atoms with E-state index in [-0.39, 0.29) is 0 Å². The number of amides is 1. The van der Waals surface area contributed by atoms with E-state index >= 15 is 0 Å². The fourth-order valence-corrected chi connectivity index (χ4v) is 3.38. The normalized spacial score (nSPS) is 10.9. The predicted molar refractivity (Wildman–Crippen MR) is 113 cm³/mol. The summed E-state index contributed by atoms with van der Waals surface area (Å²) in [5, 5.41) is 3.10. The summed E-state index contributed by atoms with van der Waals surface area (Å²) in [5.41, 5.74) is 2.47. The summed E-state index contributed by atoms with van der Waals surface area (Å²) >= 11 is 6.27. The molecule has 2 heterocycles. The Morgan fingerprint density at radius 1 is 1.17 bits per heavy atom. The van der Waals surface area contributed by atoms with E-state index in [2.05, 4.69) is 5.32 Å². The number of benzene rings is 1. The molecule has 1 aromatic carbocycles. The lowest BCUT2D eigenvalue weighted by molar-refractivity contribution is -0.117. The van der Waals surface area contributed by atoms with Crippen LogP contribution >= 0.6 is 11.6 Å². The van der Waals surface area contributed by atoms with Crippen LogP contribution in [0.15, 0.2) is 48.7 Å². The van der Waals surface area contributed by atoms with Gasteiger partial charge in [-0.2, -0.15) is 0 Å². The third-order valence-electron chi connectivity index (χ3n) is 4.52. The van der Waals surface area contributed by atoms with Crippen LogP contribution in [-0.2, 0) is 9.53 Å². The van der Waals surface area contributed by atoms with Crippen LogP contribution in [0.5, 0.6) is 5.75 Å². The van der Waals surface area contributed by atoms with Crippen molar-refractivity contribution in [3.63, 3.8) is 0 Å². The summed E-state index contributed by atoms with van der Waals surface area (Å²) in [4.78, 5) is 25.5. The molecule has 1 amide bonds. The fourth-order valence-electron chi connectivity index (χ4n) is 3.12. The molecule has 3 aromatic rings. The third kappa shape index (κ3) is 4.60. The maximum absolute atomic E-state index is 13.0. The molecule has 0 aliphatic carbocycles. The van der Waals surface area contributed by atoms with Crippen molar-refractivity contribution < 1.29 is 19.1 Å². The number of rotatable bonds is 9. The van der Waals surface area contributed by atoms with Crippen molar-refractivity contribution >= 4 is 28.8 Å². The number of nitrogens with zero attached hydrogens (tertiary/aromatic N) is 1. The third-order valence-corrected chi connectivity index (χ3v) is 4.81. The first-order chi connectivity index (χ1) is 14.1. The van der Waals surface area contributed by atoms with Crippen LogP contribution in [-0.4, -0.2) is 43.0 Å². The fraction of sp³-hybridized carbons (Fsp3) is 0.273. The molecule has 0 radical (unpaired) electrons. The van der Waals surface area contributed by atoms with Gasteiger partial charge in [0, 0.05) is 37.0 Å². The quantitative estimate of drug-likeness (QED) is 0.326. The Bertz CT molecular complexity index is 1030. The SMILES string of the molecule is CCOCCCNC(=O)C(=O)c1c(-c2ccc(OC)c(Cl)c2)cc2ccccn12. The molecule has 3 rings (SSSR count). The van der Waals surface area contributed by atoms with Gasteiger partial charge >= 0.3 is 0 Å². The molecule has 0 fully saturated rings. The van der Waals surface area contributed by atoms with Crippen LogP contribution in [0.4, 0.5) is 0 Å². The number of carbonyl (C=O) groups is 2. The summed E-state index contributed by atoms with van der Waals surface area (Å²) < 4.78 is 12.2. The second-order valence-corrected chi connectivity index (χ2v) is 6.79. The summed E-state index contributed by atoms with van der Waals surface area (Å²) in [6, 6.07) is 12.7. The van der Waals surface area contributed by atoms with E-state index in [1.54, 1.807) is 29.8 Å². The van der Waals surface area contributed by atoms with Crippen LogP contribution in [0.3, 0.4) is 0 Å². The van der Waals surface area contributed by atoms with Gasteiger partial charge in [0.05, 0.1) is 12.1 Å². The molecule has 29 heavy (non-hydrogen) atoms. The highest BCUT2D eigenvalue weighted by molar-refractivity contribution is 6.43. The molecular formula is C22H23ClN2O4. The smallest absolute Gasteiger partial charge is 0.294 e. The van der Waals surface area contributed by atoms with E-state index < -0.39 is 11.7 Å². The summed E-state index contributed by atoms with van der Waals surface area (Å²) in [6.07, 6.45) is 2.41. The van der Waals surface area contributed by atoms with E-state index in [0.29, 0.717) is 48.2 Å². The van der Waals surface area contributed by atoms with E-state index in [0.717, 1.165) is 11.1 Å². The van der Waals surface area contributed by atoms with Gasteiger partial charge in [-0.1, -0.05) is 23.7 Å². The van der Waals surface area contributed by atoms with Crippen LogP contribution in [0.2, 0.25) is 5.02 Å². The minimum Gasteiger partial charge on any atom is -0.495 e. The van der Waals surface area contributed by atoms with E-state index in [4.69, 9.17) is 21.1 Å². The lowest BCUT2D eigenvalue weighted by Crippen LogP contribution is -2.33. The lowest BCUT2D eigenvalue weighted by Gasteiger charge is -2.09. The summed E-state index contributed by atoms with van der Waals surface area (Å²) in [7, 11) is 1.54. The Labute approximate surface area is 174 Å². The average molecular weight is 415 g/mol. The van der Waals surface area contributed by atoms with Gasteiger partial charge in [-0.15, -0.1) is 0 Å². The highest BCUT2D eigenvalue weighted by Crippen LogP contribution is 2.33. The van der Waals surface area contributed by atoms with Gasteiger partial charge in [-0.05, 0) is 49.2 Å². The highest BCUT2D eigenvalue weighted by Gasteiger charge is 2.24. The van der Waals surface area contributed by atoms with Crippen LogP contribution in [0.1, 0.15) is 23.8 Å². The number of pyridine rings is 1. The molecular weight excluding hydrogens is 392 g/mol. The number of hydrogen-bond donors (Lipinski definition) is 1. The minimum atomic E-state index is -0.647. The van der Waals surface area contributed by atoms with Crippen molar-refractivity contribution in [2.45, 2.75) is 13.3 Å². The van der Waals surface area contributed by atoms with Gasteiger partial charge in [0.25, 0.3) is 11.7 Å². The first kappa shape index (κ1) is 20.9. The molecule has 0 aliphatic rings. The Morgan fingerprint density at radius 3 is 2.72 bits per heavy atom. The number of Topliss-reactive ketones (excluding diaryl/α,β-unsaturated/α-hetero) is 1. The van der Waals surface area contributed by atoms with Gasteiger partial charge < -0.3 is 19.2 Å². The van der Waals surface area contributed by atoms with Crippen molar-refractivity contribution in [2.24, 2.45) is 0 Å². The van der Waals surface area contributed by atoms with Crippen molar-refractivity contribution in [1.29, 1.82) is 0 Å². The molecule has 0 unspecified atom stereocenters. The number of aromatic nitrogens is 1. The highest BCUT2D eigenvalue weighted by atomic mass is 35.5. The predicted octanol–water partition coefficient (Wildman–Crippen LogP) is 3.99. The molecule has 0 aliphatic heterocycles. The molecule has 6 nitrogen and oxygen atoms in total. The number of carbonyl (C=O) groups excluding carboxylic acids is 2. The minimum absolute atomic E-state index is 0.296. The number of hydrogen-bond acceptors (Lipinski definition) is 4. The molecule has 0 saturated carbocycles. The van der Waals surface area contributed by atoms with Crippen molar-refractivity contribution in [1.82, 2.24) is 9.72 Å². The van der Waals surface area contributed by atoms with Gasteiger partial charge in [-0.3, -0.25) is 9.59 Å². The first-order valence-corrected chi connectivity index (χ1v) is 9.79. The van der Waals surface area contributed by atoms with E-state index in [9.17, 15) is 9.59 Å². The number of ketones is 1. The zero-order chi connectivity index (χ0) is 20.8. The van der Waals surface area contributed by atoms with E-state index in [1.807, 2.05) is 37.3 Å². The molecule has 7 heteroatoms. The van der Waals surface area contributed by atoms with Crippen LogP contribution in [0, 0.1) is 0 Å². The number of methoxy groups -OCH3 is 1. The second-order valence-electron chi connectivity index (χ2n) is 6.39. The van der Waals surface area contributed by atoms with Gasteiger partial charge in [0.15, 0.2) is 0 Å². The number of nitrogens with one attached hydrogen (secondary N) is 1. The van der Waals surface area contributed by atoms with Crippen molar-refractivity contribution in [3.05, 3.63) is 59.4 Å². The largest absolute Gasteiger partial charge is 0.495 e. The number of ether oxygens (including phenoxy) is 2. The molecule has 0 atom stereocenters. The molecule has 1 N–H and O–H groups in total. The molecule has 0 bridgehead atoms. The topological polar surface area (TPSA) is 69.0 Å². The van der Waals surface area contributed by atoms with E-state index in [1.165, 1.54) is 0 Å². The van der Waals surface area contributed by atoms with Crippen LogP contribution < -0.4 is 10.1 Å². The van der Waals surface area contributed by atoms with Gasteiger partial charge in [0.1, 0.15) is 11.4 Å². The standard InChI is InChI=1S/C22H23ClN2O4/c1-3-29-12-6-10-24-22(27)21(26)20-17(14-16-7-4-5-11-25(16)20)15-8-9-19(28-2)18(23)13-15/h4-5,7-9,11,13-14H,3,6,10,12H2,1-2H3,(H,24,27). The molecule has 0 saturated heterocycles. The summed E-state index contributed by atoms with van der Waals surface area (Å²) in [5.74, 6) is -0.708. The summed E-state index contributed by atoms with van der Waals surface area (Å²) in [6.45, 7) is 3.44. The first-order valence-electron chi connectivity index (χ1n) is 9.41. The lowest BCUT2D eigenvalue weighted by atomic mass is 10.0. The Balaban J connectivity index is 1.94. The van der Waals surface area contributed by atoms with Crippen molar-refractivity contribution in [2.75, 3.05) is 26.9 Å². The second kappa shape index (κ2) is 9.58. The number of halogens is 1. The maximum atomic E-state index is 13.0. The van der Waals surface area contributed by atoms with Gasteiger partial charge in [0.2, 0.25) is 0 Å².